The van der Waals surface area contributed by atoms with Gasteiger partial charge >= 0.3 is 0 Å². The summed E-state index contributed by atoms with van der Waals surface area (Å²) in [6.45, 7) is 0. The van der Waals surface area contributed by atoms with E-state index in [-0.39, 0.29) is 0 Å². The third-order valence-electron chi connectivity index (χ3n) is 2.04. The zero-order chi connectivity index (χ0) is 11.4. The van der Waals surface area contributed by atoms with Gasteiger partial charge in [0.15, 0.2) is 4.32 Å². The first-order valence-corrected chi connectivity index (χ1v) is 6.02. The van der Waals surface area contributed by atoms with Crippen molar-refractivity contribution in [3.8, 4) is 0 Å². The lowest BCUT2D eigenvalue weighted by molar-refractivity contribution is 0.786. The van der Waals surface area contributed by atoms with Crippen LogP contribution in [0.5, 0.6) is 0 Å². The second-order valence-corrected chi connectivity index (χ2v) is 4.81. The monoisotopic (exact) mass is 249 g/mol. The van der Waals surface area contributed by atoms with Gasteiger partial charge in [-0.15, -0.1) is 0 Å². The van der Waals surface area contributed by atoms with Crippen molar-refractivity contribution in [1.29, 1.82) is 0 Å². The first-order chi connectivity index (χ1) is 7.81. The minimum absolute atomic E-state index is 0.693. The van der Waals surface area contributed by atoms with E-state index < -0.39 is 0 Å². The van der Waals surface area contributed by atoms with Gasteiger partial charge in [-0.2, -0.15) is 0 Å². The SMILES string of the molecule is CNNC(=S)Sc1ccnc2ccccc12. The Morgan fingerprint density at radius 1 is 1.31 bits per heavy atom. The van der Waals surface area contributed by atoms with Crippen molar-refractivity contribution in [2.45, 2.75) is 4.90 Å². The second-order valence-electron chi connectivity index (χ2n) is 3.09. The molecule has 2 rings (SSSR count). The predicted octanol–water partition coefficient (Wildman–Crippen LogP) is 2.34. The summed E-state index contributed by atoms with van der Waals surface area (Å²) in [5.41, 5.74) is 6.68. The summed E-state index contributed by atoms with van der Waals surface area (Å²) in [7, 11) is 1.79. The molecule has 1 aromatic carbocycles. The molecule has 0 unspecified atom stereocenters. The minimum atomic E-state index is 0.693. The Kier molecular flexibility index (Phi) is 3.71. The van der Waals surface area contributed by atoms with Crippen LogP contribution in [-0.4, -0.2) is 16.4 Å². The summed E-state index contributed by atoms with van der Waals surface area (Å²) >= 11 is 6.68. The number of para-hydroxylation sites is 1. The molecule has 2 N–H and O–H groups in total. The van der Waals surface area contributed by atoms with Crippen LogP contribution in [0, 0.1) is 0 Å². The maximum Gasteiger partial charge on any atom is 0.152 e. The van der Waals surface area contributed by atoms with Crippen LogP contribution in [0.3, 0.4) is 0 Å². The van der Waals surface area contributed by atoms with Crippen LogP contribution in [0.1, 0.15) is 0 Å². The summed E-state index contributed by atoms with van der Waals surface area (Å²) in [5, 5.41) is 1.12. The normalized spacial score (nSPS) is 10.3. The van der Waals surface area contributed by atoms with Crippen molar-refractivity contribution >= 4 is 39.2 Å². The maximum absolute atomic E-state index is 5.17. The number of benzene rings is 1. The highest BCUT2D eigenvalue weighted by atomic mass is 32.2. The summed E-state index contributed by atoms with van der Waals surface area (Å²) in [6.07, 6.45) is 1.80. The Balaban J connectivity index is 2.33. The molecule has 0 aliphatic carbocycles. The first kappa shape index (κ1) is 11.3. The van der Waals surface area contributed by atoms with E-state index in [0.717, 1.165) is 15.8 Å². The van der Waals surface area contributed by atoms with E-state index in [1.54, 1.807) is 13.2 Å². The lowest BCUT2D eigenvalue weighted by atomic mass is 10.2. The smallest absolute Gasteiger partial charge is 0.152 e. The van der Waals surface area contributed by atoms with Crippen molar-refractivity contribution in [1.82, 2.24) is 15.8 Å². The van der Waals surface area contributed by atoms with Crippen LogP contribution in [0.15, 0.2) is 41.4 Å². The number of fused-ring (bicyclic) bond motifs is 1. The Morgan fingerprint density at radius 2 is 2.12 bits per heavy atom. The molecule has 82 valence electrons. The molecule has 0 bridgehead atoms. The molecule has 3 nitrogen and oxygen atoms in total. The maximum atomic E-state index is 5.17. The van der Waals surface area contributed by atoms with Crippen LogP contribution >= 0.6 is 24.0 Å². The quantitative estimate of drug-likeness (QED) is 0.485. The Morgan fingerprint density at radius 3 is 2.94 bits per heavy atom. The summed E-state index contributed by atoms with van der Waals surface area (Å²) in [4.78, 5) is 5.41. The predicted molar refractivity (Wildman–Crippen MR) is 72.4 cm³/mol. The van der Waals surface area contributed by atoms with Crippen LogP contribution in [0.4, 0.5) is 0 Å². The molecule has 5 heteroatoms. The number of pyridine rings is 1. The van der Waals surface area contributed by atoms with Crippen molar-refractivity contribution in [3.05, 3.63) is 36.5 Å². The molecule has 0 spiro atoms. The lowest BCUT2D eigenvalue weighted by Gasteiger charge is -2.07. The molecule has 16 heavy (non-hydrogen) atoms. The molecular weight excluding hydrogens is 238 g/mol. The summed E-state index contributed by atoms with van der Waals surface area (Å²) < 4.78 is 0.693. The van der Waals surface area contributed by atoms with Crippen molar-refractivity contribution < 1.29 is 0 Å². The van der Waals surface area contributed by atoms with E-state index in [9.17, 15) is 0 Å². The number of hydrazine groups is 1. The lowest BCUT2D eigenvalue weighted by Crippen LogP contribution is -2.30. The fourth-order valence-electron chi connectivity index (χ4n) is 1.39. The van der Waals surface area contributed by atoms with Gasteiger partial charge in [0, 0.05) is 23.5 Å². The van der Waals surface area contributed by atoms with Gasteiger partial charge in [-0.3, -0.25) is 4.98 Å². The second kappa shape index (κ2) is 5.25. The minimum Gasteiger partial charge on any atom is -0.307 e. The Labute approximate surface area is 104 Å². The number of hydrogen-bond acceptors (Lipinski definition) is 4. The fraction of sp³-hybridized carbons (Fsp3) is 0.0909. The van der Waals surface area contributed by atoms with E-state index in [1.807, 2.05) is 30.3 Å². The van der Waals surface area contributed by atoms with Gasteiger partial charge < -0.3 is 5.43 Å². The molecule has 0 radical (unpaired) electrons. The van der Waals surface area contributed by atoms with Gasteiger partial charge in [-0.1, -0.05) is 42.2 Å². The van der Waals surface area contributed by atoms with E-state index >= 15 is 0 Å². The number of nitrogens with one attached hydrogen (secondary N) is 2. The van der Waals surface area contributed by atoms with Crippen LogP contribution in [0.25, 0.3) is 10.9 Å². The standard InChI is InChI=1S/C11H11N3S2/c1-12-14-11(15)16-10-6-7-13-9-5-3-2-4-8(9)10/h2-7,12H,1H3,(H,14,15). The number of hydrogen-bond donors (Lipinski definition) is 2. The molecule has 0 aliphatic rings. The average Bonchev–Trinajstić information content (AvgIpc) is 2.30. The number of thiocarbonyl (C=S) groups is 1. The van der Waals surface area contributed by atoms with Crippen LogP contribution in [0.2, 0.25) is 0 Å². The first-order valence-electron chi connectivity index (χ1n) is 4.79. The number of rotatable bonds is 2. The fourth-order valence-corrected chi connectivity index (χ4v) is 2.52. The molecule has 0 aliphatic heterocycles. The molecule has 1 aromatic heterocycles. The average molecular weight is 249 g/mol. The molecule has 0 amide bonds. The van der Waals surface area contributed by atoms with E-state index in [4.69, 9.17) is 12.2 Å². The number of thioether (sulfide) groups is 1. The summed E-state index contributed by atoms with van der Waals surface area (Å²) in [6, 6.07) is 9.99. The highest BCUT2D eigenvalue weighted by molar-refractivity contribution is 8.23. The van der Waals surface area contributed by atoms with E-state index in [1.165, 1.54) is 11.8 Å². The Hall–Kier alpha value is -1.17. The molecule has 2 aromatic rings. The zero-order valence-corrected chi connectivity index (χ0v) is 10.4. The van der Waals surface area contributed by atoms with Crippen LogP contribution < -0.4 is 10.9 Å². The van der Waals surface area contributed by atoms with E-state index in [2.05, 4.69) is 15.8 Å². The van der Waals surface area contributed by atoms with Crippen LogP contribution in [-0.2, 0) is 0 Å². The zero-order valence-electron chi connectivity index (χ0n) is 8.73. The van der Waals surface area contributed by atoms with E-state index in [0.29, 0.717) is 4.32 Å². The van der Waals surface area contributed by atoms with Gasteiger partial charge in [-0.25, -0.2) is 5.43 Å². The largest absolute Gasteiger partial charge is 0.307 e. The van der Waals surface area contributed by atoms with Gasteiger partial charge in [0.1, 0.15) is 0 Å². The van der Waals surface area contributed by atoms with Gasteiger partial charge in [-0.05, 0) is 12.1 Å². The van der Waals surface area contributed by atoms with Gasteiger partial charge in [0.2, 0.25) is 0 Å². The highest BCUT2D eigenvalue weighted by Gasteiger charge is 2.04. The molecule has 0 saturated carbocycles. The number of aromatic nitrogens is 1. The molecule has 1 heterocycles. The van der Waals surface area contributed by atoms with Crippen molar-refractivity contribution in [3.63, 3.8) is 0 Å². The van der Waals surface area contributed by atoms with Gasteiger partial charge in [0.05, 0.1) is 5.52 Å². The Bertz CT molecular complexity index is 508. The molecule has 0 atom stereocenters. The summed E-state index contributed by atoms with van der Waals surface area (Å²) in [5.74, 6) is 0. The van der Waals surface area contributed by atoms with Crippen molar-refractivity contribution in [2.24, 2.45) is 0 Å². The molecule has 0 fully saturated rings. The van der Waals surface area contributed by atoms with Gasteiger partial charge in [0.25, 0.3) is 0 Å². The van der Waals surface area contributed by atoms with Crippen molar-refractivity contribution in [2.75, 3.05) is 7.05 Å². The third kappa shape index (κ3) is 2.49. The molecular formula is C11H11N3S2. The topological polar surface area (TPSA) is 37.0 Å². The third-order valence-corrected chi connectivity index (χ3v) is 3.25. The highest BCUT2D eigenvalue weighted by Crippen LogP contribution is 2.26. The number of nitrogens with zero attached hydrogens (tertiary/aromatic N) is 1. The molecule has 0 saturated heterocycles.